The molecule has 0 aromatic heterocycles. The molecular weight excluding hydrogens is 230 g/mol. The molecule has 1 amide bonds. The Morgan fingerprint density at radius 3 is 2.33 bits per heavy atom. The van der Waals surface area contributed by atoms with Crippen LogP contribution in [0.1, 0.15) is 51.4 Å². The van der Waals surface area contributed by atoms with E-state index in [9.17, 15) is 14.7 Å². The molecule has 2 rings (SSSR count). The fraction of sp³-hybridized carbons (Fsp3) is 0.714. The second-order valence-corrected chi connectivity index (χ2v) is 5.53. The molecule has 0 spiro atoms. The van der Waals surface area contributed by atoms with Crippen LogP contribution in [0.15, 0.2) is 12.2 Å². The standard InChI is InChI=1S/C14H21NO3/c16-12(15-11-6-2-3-7-11)10-14(13(17)18)8-4-1-5-9-14/h2-3,11H,1,4-10H2,(H,15,16)(H,17,18). The largest absolute Gasteiger partial charge is 0.481 e. The van der Waals surface area contributed by atoms with Crippen LogP contribution in [0.25, 0.3) is 0 Å². The van der Waals surface area contributed by atoms with Crippen molar-refractivity contribution >= 4 is 11.9 Å². The summed E-state index contributed by atoms with van der Waals surface area (Å²) in [6, 6.07) is 0.173. The molecule has 0 aromatic carbocycles. The van der Waals surface area contributed by atoms with E-state index in [0.717, 1.165) is 32.1 Å². The predicted molar refractivity (Wildman–Crippen MR) is 68.1 cm³/mol. The van der Waals surface area contributed by atoms with Gasteiger partial charge in [-0.2, -0.15) is 0 Å². The van der Waals surface area contributed by atoms with Gasteiger partial charge in [-0.05, 0) is 25.7 Å². The van der Waals surface area contributed by atoms with E-state index in [1.165, 1.54) is 0 Å². The van der Waals surface area contributed by atoms with Gasteiger partial charge in [0, 0.05) is 12.5 Å². The molecule has 0 saturated heterocycles. The van der Waals surface area contributed by atoms with Gasteiger partial charge in [-0.3, -0.25) is 9.59 Å². The molecule has 2 N–H and O–H groups in total. The van der Waals surface area contributed by atoms with Gasteiger partial charge in [-0.1, -0.05) is 31.4 Å². The fourth-order valence-electron chi connectivity index (χ4n) is 3.02. The number of carboxylic acids is 1. The minimum atomic E-state index is -0.811. The summed E-state index contributed by atoms with van der Waals surface area (Å²) in [6.45, 7) is 0. The van der Waals surface area contributed by atoms with E-state index >= 15 is 0 Å². The van der Waals surface area contributed by atoms with Crippen LogP contribution in [0.4, 0.5) is 0 Å². The topological polar surface area (TPSA) is 66.4 Å². The molecule has 0 atom stereocenters. The Bertz CT molecular complexity index is 348. The zero-order valence-electron chi connectivity index (χ0n) is 10.7. The normalized spacial score (nSPS) is 22.9. The van der Waals surface area contributed by atoms with Crippen molar-refractivity contribution in [2.75, 3.05) is 0 Å². The fourth-order valence-corrected chi connectivity index (χ4v) is 3.02. The van der Waals surface area contributed by atoms with Crippen molar-refractivity contribution in [3.63, 3.8) is 0 Å². The molecule has 0 heterocycles. The van der Waals surface area contributed by atoms with E-state index in [1.807, 2.05) is 0 Å². The summed E-state index contributed by atoms with van der Waals surface area (Å²) in [5.41, 5.74) is -0.811. The van der Waals surface area contributed by atoms with Gasteiger partial charge in [-0.25, -0.2) is 0 Å². The molecule has 0 bridgehead atoms. The van der Waals surface area contributed by atoms with E-state index < -0.39 is 11.4 Å². The highest BCUT2D eigenvalue weighted by Gasteiger charge is 2.41. The summed E-state index contributed by atoms with van der Waals surface area (Å²) < 4.78 is 0. The minimum Gasteiger partial charge on any atom is -0.481 e. The average Bonchev–Trinajstić information content (AvgIpc) is 2.82. The van der Waals surface area contributed by atoms with E-state index in [2.05, 4.69) is 17.5 Å². The highest BCUT2D eigenvalue weighted by atomic mass is 16.4. The number of carboxylic acid groups (broad SMARTS) is 1. The van der Waals surface area contributed by atoms with Crippen LogP contribution in [0, 0.1) is 5.41 Å². The highest BCUT2D eigenvalue weighted by molar-refractivity contribution is 5.85. The first-order valence-corrected chi connectivity index (χ1v) is 6.80. The molecule has 4 nitrogen and oxygen atoms in total. The van der Waals surface area contributed by atoms with Crippen LogP contribution >= 0.6 is 0 Å². The quantitative estimate of drug-likeness (QED) is 0.753. The zero-order valence-corrected chi connectivity index (χ0v) is 10.7. The van der Waals surface area contributed by atoms with E-state index in [0.29, 0.717) is 12.8 Å². The number of rotatable bonds is 4. The number of hydrogen-bond acceptors (Lipinski definition) is 2. The Hall–Kier alpha value is -1.32. The SMILES string of the molecule is O=C(CC1(C(=O)O)CCCCC1)NC1CC=CC1. The van der Waals surface area contributed by atoms with Crippen LogP contribution in [0.5, 0.6) is 0 Å². The number of nitrogens with one attached hydrogen (secondary N) is 1. The summed E-state index contributed by atoms with van der Waals surface area (Å²) in [4.78, 5) is 23.4. The summed E-state index contributed by atoms with van der Waals surface area (Å²) in [5, 5.41) is 12.3. The zero-order chi connectivity index (χ0) is 13.0. The Labute approximate surface area is 107 Å². The predicted octanol–water partition coefficient (Wildman–Crippen LogP) is 2.25. The third kappa shape index (κ3) is 2.92. The number of hydrogen-bond donors (Lipinski definition) is 2. The maximum absolute atomic E-state index is 12.0. The van der Waals surface area contributed by atoms with Crippen LogP contribution in [-0.2, 0) is 9.59 Å². The summed E-state index contributed by atoms with van der Waals surface area (Å²) >= 11 is 0. The lowest BCUT2D eigenvalue weighted by atomic mass is 9.71. The van der Waals surface area contributed by atoms with Gasteiger partial charge < -0.3 is 10.4 Å². The van der Waals surface area contributed by atoms with Crippen molar-refractivity contribution in [3.05, 3.63) is 12.2 Å². The van der Waals surface area contributed by atoms with Gasteiger partial charge in [0.1, 0.15) is 0 Å². The Morgan fingerprint density at radius 1 is 1.17 bits per heavy atom. The first-order valence-electron chi connectivity index (χ1n) is 6.80. The Kier molecular flexibility index (Phi) is 4.04. The first-order chi connectivity index (χ1) is 8.62. The molecular formula is C14H21NO3. The molecule has 1 fully saturated rings. The highest BCUT2D eigenvalue weighted by Crippen LogP contribution is 2.39. The van der Waals surface area contributed by atoms with Crippen molar-refractivity contribution in [1.82, 2.24) is 5.32 Å². The average molecular weight is 251 g/mol. The Balaban J connectivity index is 1.91. The van der Waals surface area contributed by atoms with Crippen molar-refractivity contribution in [1.29, 1.82) is 0 Å². The van der Waals surface area contributed by atoms with Crippen molar-refractivity contribution < 1.29 is 14.7 Å². The number of aliphatic carboxylic acids is 1. The molecule has 0 aliphatic heterocycles. The number of carbonyl (C=O) groups is 2. The van der Waals surface area contributed by atoms with Gasteiger partial charge in [0.2, 0.25) is 5.91 Å². The van der Waals surface area contributed by atoms with E-state index in [1.54, 1.807) is 0 Å². The lowest BCUT2D eigenvalue weighted by Gasteiger charge is -2.32. The number of amides is 1. The lowest BCUT2D eigenvalue weighted by molar-refractivity contribution is -0.154. The van der Waals surface area contributed by atoms with E-state index in [-0.39, 0.29) is 18.4 Å². The van der Waals surface area contributed by atoms with E-state index in [4.69, 9.17) is 0 Å². The van der Waals surface area contributed by atoms with Gasteiger partial charge in [-0.15, -0.1) is 0 Å². The third-order valence-corrected chi connectivity index (χ3v) is 4.14. The minimum absolute atomic E-state index is 0.104. The van der Waals surface area contributed by atoms with Gasteiger partial charge in [0.25, 0.3) is 0 Å². The van der Waals surface area contributed by atoms with Crippen molar-refractivity contribution in [2.24, 2.45) is 5.41 Å². The van der Waals surface area contributed by atoms with Crippen molar-refractivity contribution in [3.8, 4) is 0 Å². The van der Waals surface area contributed by atoms with Crippen LogP contribution in [0.3, 0.4) is 0 Å². The maximum atomic E-state index is 12.0. The van der Waals surface area contributed by atoms with Crippen LogP contribution in [-0.4, -0.2) is 23.0 Å². The second kappa shape index (κ2) is 5.55. The third-order valence-electron chi connectivity index (χ3n) is 4.14. The van der Waals surface area contributed by atoms with Gasteiger partial charge in [0.15, 0.2) is 0 Å². The van der Waals surface area contributed by atoms with Crippen LogP contribution in [0.2, 0.25) is 0 Å². The lowest BCUT2D eigenvalue weighted by Crippen LogP contribution is -2.41. The molecule has 18 heavy (non-hydrogen) atoms. The molecule has 100 valence electrons. The maximum Gasteiger partial charge on any atom is 0.310 e. The molecule has 0 radical (unpaired) electrons. The molecule has 2 aliphatic rings. The summed E-state index contributed by atoms with van der Waals surface area (Å²) in [7, 11) is 0. The molecule has 4 heteroatoms. The van der Waals surface area contributed by atoms with Gasteiger partial charge >= 0.3 is 5.97 Å². The summed E-state index contributed by atoms with van der Waals surface area (Å²) in [6.07, 6.45) is 10.2. The molecule has 0 unspecified atom stereocenters. The Morgan fingerprint density at radius 2 is 1.78 bits per heavy atom. The van der Waals surface area contributed by atoms with Crippen LogP contribution < -0.4 is 5.32 Å². The smallest absolute Gasteiger partial charge is 0.310 e. The second-order valence-electron chi connectivity index (χ2n) is 5.53. The van der Waals surface area contributed by atoms with Crippen molar-refractivity contribution in [2.45, 2.75) is 57.4 Å². The molecule has 1 saturated carbocycles. The number of carbonyl (C=O) groups excluding carboxylic acids is 1. The summed E-state index contributed by atoms with van der Waals surface area (Å²) in [5.74, 6) is -0.908. The molecule has 0 aromatic rings. The molecule has 2 aliphatic carbocycles. The van der Waals surface area contributed by atoms with Gasteiger partial charge in [0.05, 0.1) is 5.41 Å². The first kappa shape index (κ1) is 13.1. The monoisotopic (exact) mass is 251 g/mol.